The zero-order chi connectivity index (χ0) is 30.9. The van der Waals surface area contributed by atoms with Crippen LogP contribution in [0.1, 0.15) is 47.1 Å². The first kappa shape index (κ1) is 31.5. The van der Waals surface area contributed by atoms with E-state index in [1.54, 1.807) is 36.3 Å². The average molecular weight is 604 g/mol. The third-order valence-corrected chi connectivity index (χ3v) is 8.17. The summed E-state index contributed by atoms with van der Waals surface area (Å²) in [6.45, 7) is 8.98. The molecule has 0 radical (unpaired) electrons. The van der Waals surface area contributed by atoms with E-state index in [4.69, 9.17) is 19.9 Å². The van der Waals surface area contributed by atoms with E-state index in [-0.39, 0.29) is 18.2 Å². The number of carbonyl (C=O) groups is 3. The van der Waals surface area contributed by atoms with E-state index in [2.05, 4.69) is 11.9 Å². The highest BCUT2D eigenvalue weighted by molar-refractivity contribution is 8.01. The fourth-order valence-corrected chi connectivity index (χ4v) is 6.10. The predicted molar refractivity (Wildman–Crippen MR) is 169 cm³/mol. The molecule has 9 nitrogen and oxygen atoms in total. The number of carbonyl (C=O) groups excluding carboxylic acids is 3. The molecule has 1 aliphatic rings. The molecule has 226 valence electrons. The van der Waals surface area contributed by atoms with E-state index < -0.39 is 16.5 Å². The van der Waals surface area contributed by atoms with Crippen LogP contribution in [0, 0.1) is 0 Å². The van der Waals surface area contributed by atoms with Crippen molar-refractivity contribution in [3.05, 3.63) is 95.6 Å². The Kier molecular flexibility index (Phi) is 10.7. The second-order valence-corrected chi connectivity index (χ2v) is 11.4. The maximum Gasteiger partial charge on any atom is 0.248 e. The number of nitrogens with zero attached hydrogens (tertiary/aromatic N) is 1. The van der Waals surface area contributed by atoms with Gasteiger partial charge in [0.2, 0.25) is 17.7 Å². The minimum atomic E-state index is -0.618. The largest absolute Gasteiger partial charge is 0.493 e. The van der Waals surface area contributed by atoms with Crippen LogP contribution in [0.2, 0.25) is 0 Å². The van der Waals surface area contributed by atoms with Crippen LogP contribution in [-0.2, 0) is 16.0 Å². The topological polar surface area (TPSA) is 120 Å². The molecule has 3 aromatic rings. The number of hydrogen-bond donors (Lipinski definition) is 2. The summed E-state index contributed by atoms with van der Waals surface area (Å²) in [4.78, 5) is 40.2. The molecule has 10 heteroatoms. The zero-order valence-electron chi connectivity index (χ0n) is 24.6. The first-order chi connectivity index (χ1) is 20.7. The standard InChI is InChI=1S/C33H37N3O6S/c1-5-41-28-17-22(9-14-27(28)40-4)15-16-35-30(37)19-29-32(39)36(25-8-6-7-24(18-25)31(34)38)33(43-29)23-10-12-26(13-11-23)42-20-21(2)3/h6-14,17-18,29,33H,2,5,15-16,19-20H2,1,3-4H3,(H2,34,38)(H,35,37). The number of amides is 3. The van der Waals surface area contributed by atoms with Gasteiger partial charge in [0.05, 0.1) is 19.0 Å². The number of anilines is 1. The minimum absolute atomic E-state index is 0.0125. The highest BCUT2D eigenvalue weighted by Gasteiger charge is 2.43. The fraction of sp³-hybridized carbons (Fsp3) is 0.303. The van der Waals surface area contributed by atoms with E-state index in [0.29, 0.717) is 54.7 Å². The molecule has 2 unspecified atom stereocenters. The van der Waals surface area contributed by atoms with Gasteiger partial charge in [-0.1, -0.05) is 30.8 Å². The smallest absolute Gasteiger partial charge is 0.248 e. The fourth-order valence-electron chi connectivity index (χ4n) is 4.65. The van der Waals surface area contributed by atoms with Gasteiger partial charge in [0, 0.05) is 24.2 Å². The Morgan fingerprint density at radius 2 is 1.81 bits per heavy atom. The summed E-state index contributed by atoms with van der Waals surface area (Å²) in [6.07, 6.45) is 0.606. The molecule has 0 spiro atoms. The molecule has 1 saturated heterocycles. The quantitative estimate of drug-likeness (QED) is 0.248. The van der Waals surface area contributed by atoms with Crippen molar-refractivity contribution in [3.63, 3.8) is 0 Å². The SMILES string of the molecule is C=C(C)COc1ccc(C2SC(CC(=O)NCCc3ccc(OC)c(OCC)c3)C(=O)N2c2cccc(C(N)=O)c2)cc1. The van der Waals surface area contributed by atoms with Crippen LogP contribution in [0.4, 0.5) is 5.69 Å². The lowest BCUT2D eigenvalue weighted by atomic mass is 10.1. The number of nitrogens with two attached hydrogens (primary N) is 1. The first-order valence-electron chi connectivity index (χ1n) is 14.0. The molecule has 0 saturated carbocycles. The number of rotatable bonds is 14. The Hall–Kier alpha value is -4.44. The van der Waals surface area contributed by atoms with Crippen molar-refractivity contribution in [1.29, 1.82) is 0 Å². The molecule has 4 rings (SSSR count). The van der Waals surface area contributed by atoms with E-state index in [0.717, 1.165) is 16.7 Å². The van der Waals surface area contributed by atoms with Crippen molar-refractivity contribution < 1.29 is 28.6 Å². The van der Waals surface area contributed by atoms with Crippen LogP contribution in [-0.4, -0.2) is 49.8 Å². The average Bonchev–Trinajstić information content (AvgIpc) is 3.32. The van der Waals surface area contributed by atoms with Gasteiger partial charge in [-0.15, -0.1) is 11.8 Å². The molecule has 0 bridgehead atoms. The van der Waals surface area contributed by atoms with Crippen LogP contribution in [0.5, 0.6) is 17.2 Å². The van der Waals surface area contributed by atoms with Gasteiger partial charge < -0.3 is 25.3 Å². The van der Waals surface area contributed by atoms with Crippen LogP contribution in [0.15, 0.2) is 78.9 Å². The molecule has 1 heterocycles. The van der Waals surface area contributed by atoms with E-state index >= 15 is 0 Å². The second kappa shape index (κ2) is 14.6. The number of primary amides is 1. The van der Waals surface area contributed by atoms with Crippen molar-refractivity contribution in [1.82, 2.24) is 5.32 Å². The third-order valence-electron chi connectivity index (χ3n) is 6.73. The summed E-state index contributed by atoms with van der Waals surface area (Å²) >= 11 is 1.40. The highest BCUT2D eigenvalue weighted by Crippen LogP contribution is 2.47. The lowest BCUT2D eigenvalue weighted by Gasteiger charge is -2.25. The maximum atomic E-state index is 13.8. The van der Waals surface area contributed by atoms with Crippen LogP contribution < -0.4 is 30.2 Å². The van der Waals surface area contributed by atoms with Crippen LogP contribution >= 0.6 is 11.8 Å². The van der Waals surface area contributed by atoms with E-state index in [1.165, 1.54) is 11.8 Å². The third kappa shape index (κ3) is 8.10. The first-order valence-corrected chi connectivity index (χ1v) is 15.0. The number of benzene rings is 3. The number of hydrogen-bond acceptors (Lipinski definition) is 7. The number of methoxy groups -OCH3 is 1. The Bertz CT molecular complexity index is 1480. The Morgan fingerprint density at radius 3 is 2.49 bits per heavy atom. The molecule has 1 fully saturated rings. The van der Waals surface area contributed by atoms with Gasteiger partial charge in [0.15, 0.2) is 11.5 Å². The Labute approximate surface area is 256 Å². The molecule has 2 atom stereocenters. The highest BCUT2D eigenvalue weighted by atomic mass is 32.2. The minimum Gasteiger partial charge on any atom is -0.493 e. The molecular formula is C33H37N3O6S. The van der Waals surface area contributed by atoms with Crippen molar-refractivity contribution in [2.75, 3.05) is 31.8 Å². The van der Waals surface area contributed by atoms with Gasteiger partial charge in [-0.05, 0) is 79.4 Å². The van der Waals surface area contributed by atoms with Gasteiger partial charge in [-0.2, -0.15) is 0 Å². The van der Waals surface area contributed by atoms with Crippen molar-refractivity contribution in [2.45, 2.75) is 37.3 Å². The van der Waals surface area contributed by atoms with Gasteiger partial charge in [0.25, 0.3) is 0 Å². The zero-order valence-corrected chi connectivity index (χ0v) is 25.4. The normalized spacial score (nSPS) is 16.1. The van der Waals surface area contributed by atoms with Crippen LogP contribution in [0.3, 0.4) is 0 Å². The molecule has 3 amide bonds. The monoisotopic (exact) mass is 603 g/mol. The molecular weight excluding hydrogens is 566 g/mol. The van der Waals surface area contributed by atoms with Gasteiger partial charge in [-0.25, -0.2) is 0 Å². The molecule has 0 aliphatic carbocycles. The summed E-state index contributed by atoms with van der Waals surface area (Å²) in [5.41, 5.74) is 9.10. The summed E-state index contributed by atoms with van der Waals surface area (Å²) < 4.78 is 16.7. The van der Waals surface area contributed by atoms with Gasteiger partial charge in [-0.3, -0.25) is 19.3 Å². The molecule has 1 aliphatic heterocycles. The summed E-state index contributed by atoms with van der Waals surface area (Å²) in [7, 11) is 1.59. The van der Waals surface area contributed by atoms with Crippen molar-refractivity contribution >= 4 is 35.2 Å². The van der Waals surface area contributed by atoms with Crippen molar-refractivity contribution in [3.8, 4) is 17.2 Å². The van der Waals surface area contributed by atoms with Gasteiger partial charge >= 0.3 is 0 Å². The molecule has 0 aromatic heterocycles. The summed E-state index contributed by atoms with van der Waals surface area (Å²) in [5.74, 6) is 0.970. The molecule has 43 heavy (non-hydrogen) atoms. The van der Waals surface area contributed by atoms with Crippen molar-refractivity contribution in [2.24, 2.45) is 5.73 Å². The predicted octanol–water partition coefficient (Wildman–Crippen LogP) is 5.04. The lowest BCUT2D eigenvalue weighted by Crippen LogP contribution is -2.34. The maximum absolute atomic E-state index is 13.8. The Balaban J connectivity index is 1.47. The Morgan fingerprint density at radius 1 is 1.05 bits per heavy atom. The number of thioether (sulfide) groups is 1. The second-order valence-electron chi connectivity index (χ2n) is 10.1. The summed E-state index contributed by atoms with van der Waals surface area (Å²) in [6, 6.07) is 19.8. The van der Waals surface area contributed by atoms with E-state index in [1.807, 2.05) is 56.3 Å². The lowest BCUT2D eigenvalue weighted by molar-refractivity contribution is -0.124. The number of ether oxygens (including phenoxy) is 3. The molecule has 3 N–H and O–H groups in total. The summed E-state index contributed by atoms with van der Waals surface area (Å²) in [5, 5.41) is 1.91. The van der Waals surface area contributed by atoms with E-state index in [9.17, 15) is 14.4 Å². The van der Waals surface area contributed by atoms with Gasteiger partial charge in [0.1, 0.15) is 17.7 Å². The number of nitrogens with one attached hydrogen (secondary N) is 1. The molecule has 3 aromatic carbocycles. The van der Waals surface area contributed by atoms with Crippen LogP contribution in [0.25, 0.3) is 0 Å².